The molecule has 1 fully saturated rings. The van der Waals surface area contributed by atoms with Crippen LogP contribution in [0.1, 0.15) is 29.7 Å². The van der Waals surface area contributed by atoms with Crippen molar-refractivity contribution in [1.29, 1.82) is 0 Å². The van der Waals surface area contributed by atoms with E-state index in [1.54, 1.807) is 19.4 Å². The molecule has 1 saturated heterocycles. The Kier molecular flexibility index (Phi) is 5.06. The van der Waals surface area contributed by atoms with Crippen molar-refractivity contribution in [2.24, 2.45) is 5.92 Å². The highest BCUT2D eigenvalue weighted by molar-refractivity contribution is 7.10. The van der Waals surface area contributed by atoms with E-state index < -0.39 is 0 Å². The second-order valence-corrected chi connectivity index (χ2v) is 7.97. The number of thiophene rings is 1. The third kappa shape index (κ3) is 3.67. The van der Waals surface area contributed by atoms with Gasteiger partial charge in [-0.05, 0) is 42.2 Å². The molecule has 2 aliphatic rings. The lowest BCUT2D eigenvalue weighted by Gasteiger charge is -2.33. The Bertz CT molecular complexity index is 770. The lowest BCUT2D eigenvalue weighted by molar-refractivity contribution is -0.133. The van der Waals surface area contributed by atoms with Gasteiger partial charge in [-0.1, -0.05) is 0 Å². The van der Waals surface area contributed by atoms with Crippen LogP contribution in [-0.2, 0) is 17.8 Å². The van der Waals surface area contributed by atoms with E-state index in [0.717, 1.165) is 51.4 Å². The maximum absolute atomic E-state index is 12.7. The summed E-state index contributed by atoms with van der Waals surface area (Å²) in [6, 6.07) is 3.92. The highest BCUT2D eigenvalue weighted by Crippen LogP contribution is 2.27. The summed E-state index contributed by atoms with van der Waals surface area (Å²) in [6.45, 7) is 3.43. The fourth-order valence-electron chi connectivity index (χ4n) is 3.77. The number of hydrogen-bond acceptors (Lipinski definition) is 6. The number of nitrogens with zero attached hydrogens (tertiary/aromatic N) is 4. The smallest absolute Gasteiger partial charge is 0.228 e. The molecule has 6 nitrogen and oxygen atoms in total. The summed E-state index contributed by atoms with van der Waals surface area (Å²) < 4.78 is 5.18. The minimum absolute atomic E-state index is 0.304. The van der Waals surface area contributed by atoms with Crippen LogP contribution in [0.5, 0.6) is 5.88 Å². The number of amides is 1. The Morgan fingerprint density at radius 3 is 2.96 bits per heavy atom. The zero-order valence-corrected chi connectivity index (χ0v) is 15.9. The van der Waals surface area contributed by atoms with Gasteiger partial charge in [0, 0.05) is 49.7 Å². The third-order valence-electron chi connectivity index (χ3n) is 5.35. The summed E-state index contributed by atoms with van der Waals surface area (Å²) in [5.74, 6) is 2.06. The Labute approximate surface area is 157 Å². The molecule has 4 heterocycles. The van der Waals surface area contributed by atoms with Gasteiger partial charge in [0.05, 0.1) is 7.11 Å². The van der Waals surface area contributed by atoms with E-state index in [2.05, 4.69) is 26.3 Å². The first-order chi connectivity index (χ1) is 12.7. The number of piperidine rings is 1. The molecule has 0 aliphatic carbocycles. The molecule has 0 N–H and O–H groups in total. The predicted molar refractivity (Wildman–Crippen MR) is 102 cm³/mol. The molecule has 2 aromatic heterocycles. The molecule has 7 heteroatoms. The topological polar surface area (TPSA) is 58.6 Å². The highest BCUT2D eigenvalue weighted by atomic mass is 32.1. The van der Waals surface area contributed by atoms with Crippen LogP contribution in [0.3, 0.4) is 0 Å². The Balaban J connectivity index is 1.29. The quantitative estimate of drug-likeness (QED) is 0.826. The number of rotatable bonds is 4. The van der Waals surface area contributed by atoms with Gasteiger partial charge >= 0.3 is 0 Å². The number of hydrogen-bond donors (Lipinski definition) is 0. The lowest BCUT2D eigenvalue weighted by Crippen LogP contribution is -2.39. The Morgan fingerprint density at radius 2 is 2.15 bits per heavy atom. The van der Waals surface area contributed by atoms with E-state index in [1.165, 1.54) is 10.4 Å². The third-order valence-corrected chi connectivity index (χ3v) is 6.37. The number of anilines is 1. The molecule has 0 aromatic carbocycles. The number of aromatic nitrogens is 2. The SMILES string of the molecule is COc1ccnc(N2CCC(CC(=O)N3CCc4sccc4C3)CC2)n1. The molecule has 0 radical (unpaired) electrons. The summed E-state index contributed by atoms with van der Waals surface area (Å²) in [5.41, 5.74) is 1.33. The van der Waals surface area contributed by atoms with E-state index in [4.69, 9.17) is 4.74 Å². The van der Waals surface area contributed by atoms with Crippen LogP contribution in [0, 0.1) is 5.92 Å². The standard InChI is InChI=1S/C19H24N4O2S/c1-25-17-2-7-20-19(21-17)22-8-3-14(4-9-22)12-18(24)23-10-5-16-15(13-23)6-11-26-16/h2,6-7,11,14H,3-5,8-10,12-13H2,1H3. The molecular formula is C19H24N4O2S. The van der Waals surface area contributed by atoms with Gasteiger partial charge in [-0.25, -0.2) is 4.98 Å². The van der Waals surface area contributed by atoms with E-state index in [1.807, 2.05) is 16.2 Å². The van der Waals surface area contributed by atoms with Crippen LogP contribution >= 0.6 is 11.3 Å². The van der Waals surface area contributed by atoms with Gasteiger partial charge in [0.1, 0.15) is 0 Å². The van der Waals surface area contributed by atoms with Crippen molar-refractivity contribution >= 4 is 23.2 Å². The van der Waals surface area contributed by atoms with Crippen LogP contribution in [0.15, 0.2) is 23.7 Å². The first-order valence-corrected chi connectivity index (χ1v) is 10.1. The molecular weight excluding hydrogens is 348 g/mol. The molecule has 138 valence electrons. The second-order valence-electron chi connectivity index (χ2n) is 6.97. The van der Waals surface area contributed by atoms with Crippen molar-refractivity contribution in [3.63, 3.8) is 0 Å². The van der Waals surface area contributed by atoms with E-state index in [0.29, 0.717) is 24.1 Å². The van der Waals surface area contributed by atoms with Crippen LogP contribution in [-0.4, -0.2) is 47.5 Å². The zero-order valence-electron chi connectivity index (χ0n) is 15.1. The average molecular weight is 372 g/mol. The van der Waals surface area contributed by atoms with Crippen molar-refractivity contribution in [3.05, 3.63) is 34.2 Å². The average Bonchev–Trinajstić information content (AvgIpc) is 3.16. The van der Waals surface area contributed by atoms with Crippen molar-refractivity contribution < 1.29 is 9.53 Å². The molecule has 2 aromatic rings. The molecule has 1 amide bonds. The summed E-state index contributed by atoms with van der Waals surface area (Å²) in [5, 5.41) is 2.13. The molecule has 2 aliphatic heterocycles. The molecule has 0 saturated carbocycles. The number of methoxy groups -OCH3 is 1. The minimum Gasteiger partial charge on any atom is -0.481 e. The lowest BCUT2D eigenvalue weighted by atomic mass is 9.92. The van der Waals surface area contributed by atoms with Crippen LogP contribution in [0.4, 0.5) is 5.95 Å². The van der Waals surface area contributed by atoms with Gasteiger partial charge in [-0.3, -0.25) is 4.79 Å². The summed E-state index contributed by atoms with van der Waals surface area (Å²) in [6.07, 6.45) is 5.40. The number of carbonyl (C=O) groups is 1. The molecule has 0 bridgehead atoms. The molecule has 0 spiro atoms. The van der Waals surface area contributed by atoms with Crippen molar-refractivity contribution in [1.82, 2.24) is 14.9 Å². The monoisotopic (exact) mass is 372 g/mol. The molecule has 0 atom stereocenters. The van der Waals surface area contributed by atoms with Gasteiger partial charge in [0.25, 0.3) is 0 Å². The molecule has 26 heavy (non-hydrogen) atoms. The Morgan fingerprint density at radius 1 is 1.31 bits per heavy atom. The largest absolute Gasteiger partial charge is 0.481 e. The Hall–Kier alpha value is -2.15. The first-order valence-electron chi connectivity index (χ1n) is 9.18. The van der Waals surface area contributed by atoms with Crippen molar-refractivity contribution in [2.45, 2.75) is 32.2 Å². The fraction of sp³-hybridized carbons (Fsp3) is 0.526. The van der Waals surface area contributed by atoms with Gasteiger partial charge in [0.2, 0.25) is 17.7 Å². The normalized spacial score (nSPS) is 17.9. The van der Waals surface area contributed by atoms with Gasteiger partial charge in [0.15, 0.2) is 0 Å². The first kappa shape index (κ1) is 17.3. The maximum Gasteiger partial charge on any atom is 0.228 e. The van der Waals surface area contributed by atoms with Gasteiger partial charge in [-0.15, -0.1) is 11.3 Å². The number of ether oxygens (including phenoxy) is 1. The summed E-state index contributed by atoms with van der Waals surface area (Å²) in [4.78, 5) is 27.1. The number of fused-ring (bicyclic) bond motifs is 1. The van der Waals surface area contributed by atoms with Crippen LogP contribution < -0.4 is 9.64 Å². The summed E-state index contributed by atoms with van der Waals surface area (Å²) in [7, 11) is 1.61. The fourth-order valence-corrected chi connectivity index (χ4v) is 4.66. The number of carbonyl (C=O) groups excluding carboxylic acids is 1. The predicted octanol–water partition coefficient (Wildman–Crippen LogP) is 2.74. The molecule has 0 unspecified atom stereocenters. The maximum atomic E-state index is 12.7. The summed E-state index contributed by atoms with van der Waals surface area (Å²) >= 11 is 1.81. The van der Waals surface area contributed by atoms with E-state index in [9.17, 15) is 4.79 Å². The van der Waals surface area contributed by atoms with Crippen LogP contribution in [0.25, 0.3) is 0 Å². The molecule has 4 rings (SSSR count). The second kappa shape index (κ2) is 7.61. The zero-order chi connectivity index (χ0) is 17.9. The highest BCUT2D eigenvalue weighted by Gasteiger charge is 2.27. The van der Waals surface area contributed by atoms with E-state index >= 15 is 0 Å². The van der Waals surface area contributed by atoms with Crippen molar-refractivity contribution in [3.8, 4) is 5.88 Å². The van der Waals surface area contributed by atoms with Crippen LogP contribution in [0.2, 0.25) is 0 Å². The minimum atomic E-state index is 0.304. The van der Waals surface area contributed by atoms with E-state index in [-0.39, 0.29) is 0 Å². The van der Waals surface area contributed by atoms with Crippen molar-refractivity contribution in [2.75, 3.05) is 31.6 Å². The van der Waals surface area contributed by atoms with Gasteiger partial charge < -0.3 is 14.5 Å². The van der Waals surface area contributed by atoms with Gasteiger partial charge in [-0.2, -0.15) is 4.98 Å².